The molecule has 3 rings (SSSR count). The van der Waals surface area contributed by atoms with Gasteiger partial charge in [-0.2, -0.15) is 0 Å². The maximum absolute atomic E-state index is 13.4. The summed E-state index contributed by atoms with van der Waals surface area (Å²) in [6.07, 6.45) is 6.57. The SMILES string of the molecule is COc1cccc(N(CCCC(=O)N(Cc2ccc(F)cc2)C(C)C(=O)NC2CCCCC2)S(C)(=O)=O)c1. The predicted molar refractivity (Wildman–Crippen MR) is 146 cm³/mol. The van der Waals surface area contributed by atoms with Gasteiger partial charge < -0.3 is 15.0 Å². The van der Waals surface area contributed by atoms with E-state index in [1.165, 1.54) is 28.4 Å². The molecule has 0 aliphatic heterocycles. The third-order valence-electron chi connectivity index (χ3n) is 6.88. The van der Waals surface area contributed by atoms with Crippen LogP contribution in [0.15, 0.2) is 48.5 Å². The zero-order valence-corrected chi connectivity index (χ0v) is 23.2. The van der Waals surface area contributed by atoms with Crippen molar-refractivity contribution in [3.05, 3.63) is 59.9 Å². The Morgan fingerprint density at radius 2 is 1.79 bits per heavy atom. The van der Waals surface area contributed by atoms with E-state index in [9.17, 15) is 22.4 Å². The maximum Gasteiger partial charge on any atom is 0.242 e. The molecule has 38 heavy (non-hydrogen) atoms. The Morgan fingerprint density at radius 1 is 1.11 bits per heavy atom. The quantitative estimate of drug-likeness (QED) is 0.429. The minimum absolute atomic E-state index is 0.0399. The number of sulfonamides is 1. The van der Waals surface area contributed by atoms with Gasteiger partial charge in [0.05, 0.1) is 19.1 Å². The van der Waals surface area contributed by atoms with Gasteiger partial charge in [-0.3, -0.25) is 13.9 Å². The van der Waals surface area contributed by atoms with Crippen molar-refractivity contribution in [1.82, 2.24) is 10.2 Å². The lowest BCUT2D eigenvalue weighted by Crippen LogP contribution is -2.50. The molecule has 2 amide bonds. The number of hydrogen-bond donors (Lipinski definition) is 1. The number of nitrogens with zero attached hydrogens (tertiary/aromatic N) is 2. The number of methoxy groups -OCH3 is 1. The zero-order valence-electron chi connectivity index (χ0n) is 22.4. The number of anilines is 1. The molecular formula is C28H38FN3O5S. The van der Waals surface area contributed by atoms with Crippen LogP contribution < -0.4 is 14.4 Å². The van der Waals surface area contributed by atoms with Gasteiger partial charge in [0.1, 0.15) is 17.6 Å². The molecule has 1 N–H and O–H groups in total. The fourth-order valence-corrected chi connectivity index (χ4v) is 5.66. The molecule has 0 heterocycles. The Bertz CT molecular complexity index is 1180. The van der Waals surface area contributed by atoms with Crippen LogP contribution in [0.1, 0.15) is 57.4 Å². The number of carbonyl (C=O) groups excluding carboxylic acids is 2. The second-order valence-electron chi connectivity index (χ2n) is 9.81. The molecular weight excluding hydrogens is 509 g/mol. The second-order valence-corrected chi connectivity index (χ2v) is 11.7. The summed E-state index contributed by atoms with van der Waals surface area (Å²) in [7, 11) is -2.10. The average Bonchev–Trinajstić information content (AvgIpc) is 2.90. The molecule has 10 heteroatoms. The highest BCUT2D eigenvalue weighted by Crippen LogP contribution is 2.24. The van der Waals surface area contributed by atoms with Gasteiger partial charge in [0.2, 0.25) is 21.8 Å². The van der Waals surface area contributed by atoms with Crippen molar-refractivity contribution in [3.8, 4) is 5.75 Å². The number of amides is 2. The topological polar surface area (TPSA) is 96.0 Å². The standard InChI is InChI=1S/C28H38FN3O5S/c1-21(28(34)30-24-9-5-4-6-10-24)31(20-22-14-16-23(29)17-15-22)27(33)13-8-18-32(38(3,35)36)25-11-7-12-26(19-25)37-2/h7,11-12,14-17,19,21,24H,4-6,8-10,13,18,20H2,1-3H3,(H,30,34). The van der Waals surface area contributed by atoms with Gasteiger partial charge in [-0.25, -0.2) is 12.8 Å². The Balaban J connectivity index is 1.71. The summed E-state index contributed by atoms with van der Waals surface area (Å²) in [5.41, 5.74) is 1.15. The number of nitrogens with one attached hydrogen (secondary N) is 1. The molecule has 208 valence electrons. The Hall–Kier alpha value is -3.14. The van der Waals surface area contributed by atoms with E-state index in [1.807, 2.05) is 0 Å². The monoisotopic (exact) mass is 547 g/mol. The molecule has 8 nitrogen and oxygen atoms in total. The van der Waals surface area contributed by atoms with Gasteiger partial charge in [-0.1, -0.05) is 37.5 Å². The van der Waals surface area contributed by atoms with Crippen molar-refractivity contribution in [2.75, 3.05) is 24.2 Å². The van der Waals surface area contributed by atoms with E-state index >= 15 is 0 Å². The molecule has 0 spiro atoms. The molecule has 0 radical (unpaired) electrons. The fraction of sp³-hybridized carbons (Fsp3) is 0.500. The molecule has 1 saturated carbocycles. The van der Waals surface area contributed by atoms with Crippen LogP contribution in [-0.2, 0) is 26.2 Å². The minimum Gasteiger partial charge on any atom is -0.497 e. The molecule has 1 unspecified atom stereocenters. The predicted octanol–water partition coefficient (Wildman–Crippen LogP) is 4.25. The lowest BCUT2D eigenvalue weighted by Gasteiger charge is -2.31. The number of halogens is 1. The highest BCUT2D eigenvalue weighted by molar-refractivity contribution is 7.92. The number of hydrogen-bond acceptors (Lipinski definition) is 5. The van der Waals surface area contributed by atoms with E-state index < -0.39 is 16.1 Å². The molecule has 1 aliphatic rings. The van der Waals surface area contributed by atoms with Crippen molar-refractivity contribution in [2.45, 2.75) is 70.5 Å². The first-order chi connectivity index (χ1) is 18.1. The van der Waals surface area contributed by atoms with Crippen LogP contribution >= 0.6 is 0 Å². The van der Waals surface area contributed by atoms with Crippen molar-refractivity contribution >= 4 is 27.5 Å². The highest BCUT2D eigenvalue weighted by atomic mass is 32.2. The van der Waals surface area contributed by atoms with Gasteiger partial charge >= 0.3 is 0 Å². The van der Waals surface area contributed by atoms with E-state index in [0.29, 0.717) is 17.0 Å². The average molecular weight is 548 g/mol. The minimum atomic E-state index is -3.61. The van der Waals surface area contributed by atoms with Crippen LogP contribution in [0.4, 0.5) is 10.1 Å². The van der Waals surface area contributed by atoms with Gasteiger partial charge in [-0.05, 0) is 56.0 Å². The van der Waals surface area contributed by atoms with Gasteiger partial charge in [0, 0.05) is 31.6 Å². The van der Waals surface area contributed by atoms with E-state index in [0.717, 1.165) is 38.4 Å². The van der Waals surface area contributed by atoms with Crippen LogP contribution in [0.25, 0.3) is 0 Å². The summed E-state index contributed by atoms with van der Waals surface area (Å²) < 4.78 is 44.9. The zero-order chi connectivity index (χ0) is 27.7. The molecule has 0 bridgehead atoms. The third-order valence-corrected chi connectivity index (χ3v) is 8.07. The number of benzene rings is 2. The molecule has 1 fully saturated rings. The normalized spacial score (nSPS) is 14.9. The fourth-order valence-electron chi connectivity index (χ4n) is 4.71. The first kappa shape index (κ1) is 29.4. The van der Waals surface area contributed by atoms with Crippen molar-refractivity contribution in [1.29, 1.82) is 0 Å². The van der Waals surface area contributed by atoms with Gasteiger partial charge in [0.15, 0.2) is 0 Å². The van der Waals surface area contributed by atoms with Crippen molar-refractivity contribution in [3.63, 3.8) is 0 Å². The number of rotatable bonds is 12. The van der Waals surface area contributed by atoms with Crippen LogP contribution in [0.5, 0.6) is 5.75 Å². The maximum atomic E-state index is 13.4. The summed E-state index contributed by atoms with van der Waals surface area (Å²) in [5, 5.41) is 3.08. The van der Waals surface area contributed by atoms with Crippen LogP contribution in [0, 0.1) is 5.82 Å². The summed E-state index contributed by atoms with van der Waals surface area (Å²) in [4.78, 5) is 28.0. The third kappa shape index (κ3) is 8.44. The van der Waals surface area contributed by atoms with Gasteiger partial charge in [0.25, 0.3) is 0 Å². The molecule has 2 aromatic carbocycles. The van der Waals surface area contributed by atoms with E-state index in [4.69, 9.17) is 4.74 Å². The smallest absolute Gasteiger partial charge is 0.242 e. The summed E-state index contributed by atoms with van der Waals surface area (Å²) in [5.74, 6) is -0.357. The number of carbonyl (C=O) groups is 2. The molecule has 1 atom stereocenters. The largest absolute Gasteiger partial charge is 0.497 e. The van der Waals surface area contributed by atoms with Crippen molar-refractivity contribution in [2.24, 2.45) is 0 Å². The molecule has 0 saturated heterocycles. The van der Waals surface area contributed by atoms with Gasteiger partial charge in [-0.15, -0.1) is 0 Å². The molecule has 0 aromatic heterocycles. The molecule has 2 aromatic rings. The van der Waals surface area contributed by atoms with Crippen LogP contribution in [-0.4, -0.2) is 57.1 Å². The first-order valence-corrected chi connectivity index (χ1v) is 14.9. The van der Waals surface area contributed by atoms with Crippen molar-refractivity contribution < 1.29 is 27.1 Å². The lowest BCUT2D eigenvalue weighted by molar-refractivity contribution is -0.141. The van der Waals surface area contributed by atoms with Crippen LogP contribution in [0.2, 0.25) is 0 Å². The Labute approximate surface area is 225 Å². The highest BCUT2D eigenvalue weighted by Gasteiger charge is 2.28. The summed E-state index contributed by atoms with van der Waals surface area (Å²) >= 11 is 0. The summed E-state index contributed by atoms with van der Waals surface area (Å²) in [6, 6.07) is 11.9. The number of ether oxygens (including phenoxy) is 1. The Kier molecular flexibility index (Phi) is 10.5. The summed E-state index contributed by atoms with van der Waals surface area (Å²) in [6.45, 7) is 1.92. The van der Waals surface area contributed by atoms with E-state index in [2.05, 4.69) is 5.32 Å². The van der Waals surface area contributed by atoms with Crippen LogP contribution in [0.3, 0.4) is 0 Å². The van der Waals surface area contributed by atoms with E-state index in [-0.39, 0.29) is 49.6 Å². The molecule has 1 aliphatic carbocycles. The lowest BCUT2D eigenvalue weighted by atomic mass is 9.95. The first-order valence-electron chi connectivity index (χ1n) is 13.0. The van der Waals surface area contributed by atoms with E-state index in [1.54, 1.807) is 43.3 Å². The Morgan fingerprint density at radius 3 is 2.42 bits per heavy atom. The second kappa shape index (κ2) is 13.6.